The molecule has 106 valence electrons. The summed E-state index contributed by atoms with van der Waals surface area (Å²) in [6.45, 7) is 6.85. The Labute approximate surface area is 124 Å². The van der Waals surface area contributed by atoms with Crippen LogP contribution in [-0.4, -0.2) is 12.5 Å². The van der Waals surface area contributed by atoms with E-state index in [2.05, 4.69) is 35.1 Å². The van der Waals surface area contributed by atoms with Gasteiger partial charge in [-0.3, -0.25) is 4.79 Å². The van der Waals surface area contributed by atoms with E-state index < -0.39 is 0 Å². The fourth-order valence-electron chi connectivity index (χ4n) is 2.16. The van der Waals surface area contributed by atoms with Crippen LogP contribution in [0.2, 0.25) is 0 Å². The van der Waals surface area contributed by atoms with Gasteiger partial charge in [0.15, 0.2) is 0 Å². The van der Waals surface area contributed by atoms with Gasteiger partial charge in [-0.15, -0.1) is 0 Å². The molecule has 1 aromatic carbocycles. The molecule has 0 aliphatic heterocycles. The number of anilines is 1. The van der Waals surface area contributed by atoms with Gasteiger partial charge in [-0.25, -0.2) is 0 Å². The van der Waals surface area contributed by atoms with Gasteiger partial charge in [-0.05, 0) is 55.5 Å². The zero-order valence-electron chi connectivity index (χ0n) is 11.9. The first-order chi connectivity index (χ1) is 8.92. The summed E-state index contributed by atoms with van der Waals surface area (Å²) in [5.74, 6) is 0.869. The monoisotopic (exact) mass is 326 g/mol. The van der Waals surface area contributed by atoms with E-state index in [1.807, 2.05) is 25.1 Å². The zero-order chi connectivity index (χ0) is 14.4. The number of halogens is 1. The smallest absolute Gasteiger partial charge is 0.224 e. The lowest BCUT2D eigenvalue weighted by atomic mass is 9.94. The van der Waals surface area contributed by atoms with Crippen LogP contribution in [0, 0.1) is 18.8 Å². The van der Waals surface area contributed by atoms with Crippen molar-refractivity contribution >= 4 is 27.5 Å². The fourth-order valence-corrected chi connectivity index (χ4v) is 2.64. The molecule has 0 bridgehead atoms. The third-order valence-corrected chi connectivity index (χ3v) is 3.57. The molecule has 0 saturated heterocycles. The maximum absolute atomic E-state index is 12.0. The molecule has 4 heteroatoms. The number of hydrogen-bond donors (Lipinski definition) is 2. The van der Waals surface area contributed by atoms with Gasteiger partial charge in [0.1, 0.15) is 0 Å². The lowest BCUT2D eigenvalue weighted by Crippen LogP contribution is -2.23. The summed E-state index contributed by atoms with van der Waals surface area (Å²) in [7, 11) is 0. The number of rotatable bonds is 6. The van der Waals surface area contributed by atoms with Crippen molar-refractivity contribution < 1.29 is 4.79 Å². The number of benzene rings is 1. The lowest BCUT2D eigenvalue weighted by Gasteiger charge is -2.17. The Balaban J connectivity index is 2.59. The Hall–Kier alpha value is -0.870. The summed E-state index contributed by atoms with van der Waals surface area (Å²) in [4.78, 5) is 12.0. The molecule has 0 heterocycles. The van der Waals surface area contributed by atoms with Crippen LogP contribution in [0.1, 0.15) is 32.3 Å². The van der Waals surface area contributed by atoms with E-state index >= 15 is 0 Å². The number of carbonyl (C=O) groups excluding carboxylic acids is 1. The van der Waals surface area contributed by atoms with E-state index in [0.29, 0.717) is 18.9 Å². The van der Waals surface area contributed by atoms with Crippen LogP contribution in [0.15, 0.2) is 22.7 Å². The van der Waals surface area contributed by atoms with Gasteiger partial charge in [0, 0.05) is 16.6 Å². The summed E-state index contributed by atoms with van der Waals surface area (Å²) in [6.07, 6.45) is 1.48. The number of carbonyl (C=O) groups is 1. The highest BCUT2D eigenvalue weighted by atomic mass is 79.9. The molecule has 1 amide bonds. The number of aryl methyl sites for hydroxylation is 1. The van der Waals surface area contributed by atoms with Gasteiger partial charge in [-0.2, -0.15) is 0 Å². The van der Waals surface area contributed by atoms with Crippen molar-refractivity contribution in [3.05, 3.63) is 28.2 Å². The number of nitrogens with two attached hydrogens (primary N) is 1. The first kappa shape index (κ1) is 16.2. The van der Waals surface area contributed by atoms with E-state index in [4.69, 9.17) is 5.73 Å². The quantitative estimate of drug-likeness (QED) is 0.837. The number of amides is 1. The van der Waals surface area contributed by atoms with Crippen LogP contribution < -0.4 is 11.1 Å². The molecule has 0 unspecified atom stereocenters. The summed E-state index contributed by atoms with van der Waals surface area (Å²) < 4.78 is 1.02. The van der Waals surface area contributed by atoms with E-state index in [0.717, 1.165) is 22.1 Å². The summed E-state index contributed by atoms with van der Waals surface area (Å²) in [5, 5.41) is 2.96. The third kappa shape index (κ3) is 5.74. The Kier molecular flexibility index (Phi) is 6.52. The second-order valence-corrected chi connectivity index (χ2v) is 6.36. The summed E-state index contributed by atoms with van der Waals surface area (Å²) in [6, 6.07) is 5.83. The van der Waals surface area contributed by atoms with Crippen molar-refractivity contribution in [1.82, 2.24) is 0 Å². The highest BCUT2D eigenvalue weighted by Gasteiger charge is 2.14. The van der Waals surface area contributed by atoms with Crippen molar-refractivity contribution in [2.24, 2.45) is 17.6 Å². The molecular weight excluding hydrogens is 304 g/mol. The minimum absolute atomic E-state index is 0.0431. The van der Waals surface area contributed by atoms with Crippen LogP contribution in [0.5, 0.6) is 0 Å². The molecule has 3 N–H and O–H groups in total. The van der Waals surface area contributed by atoms with Crippen LogP contribution in [0.25, 0.3) is 0 Å². The maximum atomic E-state index is 12.0. The van der Waals surface area contributed by atoms with Gasteiger partial charge in [-0.1, -0.05) is 29.8 Å². The highest BCUT2D eigenvalue weighted by molar-refractivity contribution is 9.10. The average Bonchev–Trinajstić information content (AvgIpc) is 2.31. The predicted octanol–water partition coefficient (Wildman–Crippen LogP) is 3.71. The molecule has 0 radical (unpaired) electrons. The van der Waals surface area contributed by atoms with Gasteiger partial charge >= 0.3 is 0 Å². The number of hydrogen-bond acceptors (Lipinski definition) is 2. The van der Waals surface area contributed by atoms with Gasteiger partial charge in [0.25, 0.3) is 0 Å². The molecule has 3 nitrogen and oxygen atoms in total. The molecule has 0 aromatic heterocycles. The Morgan fingerprint density at radius 1 is 1.42 bits per heavy atom. The zero-order valence-corrected chi connectivity index (χ0v) is 13.5. The first-order valence-electron chi connectivity index (χ1n) is 6.68. The van der Waals surface area contributed by atoms with E-state index in [1.54, 1.807) is 0 Å². The van der Waals surface area contributed by atoms with Crippen LogP contribution >= 0.6 is 15.9 Å². The Morgan fingerprint density at radius 2 is 2.11 bits per heavy atom. The van der Waals surface area contributed by atoms with Crippen molar-refractivity contribution in [3.63, 3.8) is 0 Å². The molecule has 19 heavy (non-hydrogen) atoms. The average molecular weight is 327 g/mol. The summed E-state index contributed by atoms with van der Waals surface area (Å²) >= 11 is 3.41. The SMILES string of the molecule is Cc1cc(Br)ccc1NC(=O)C[C@@H](CN)CC(C)C. The molecule has 0 fully saturated rings. The summed E-state index contributed by atoms with van der Waals surface area (Å²) in [5.41, 5.74) is 7.65. The van der Waals surface area contributed by atoms with Gasteiger partial charge < -0.3 is 11.1 Å². The molecular formula is C15H23BrN2O. The minimum atomic E-state index is 0.0431. The largest absolute Gasteiger partial charge is 0.330 e. The first-order valence-corrected chi connectivity index (χ1v) is 7.47. The lowest BCUT2D eigenvalue weighted by molar-refractivity contribution is -0.117. The van der Waals surface area contributed by atoms with Crippen molar-refractivity contribution in [1.29, 1.82) is 0 Å². The molecule has 0 aliphatic carbocycles. The molecule has 1 atom stereocenters. The van der Waals surface area contributed by atoms with Crippen molar-refractivity contribution in [2.75, 3.05) is 11.9 Å². The predicted molar refractivity (Wildman–Crippen MR) is 84.1 cm³/mol. The van der Waals surface area contributed by atoms with Crippen molar-refractivity contribution in [2.45, 2.75) is 33.6 Å². The standard InChI is InChI=1S/C15H23BrN2O/c1-10(2)6-12(9-17)8-15(19)18-14-5-4-13(16)7-11(14)3/h4-5,7,10,12H,6,8-9,17H2,1-3H3,(H,18,19)/t12-/m0/s1. The fraction of sp³-hybridized carbons (Fsp3) is 0.533. The van der Waals surface area contributed by atoms with Gasteiger partial charge in [0.2, 0.25) is 5.91 Å². The Bertz CT molecular complexity index is 432. The normalized spacial score (nSPS) is 12.5. The van der Waals surface area contributed by atoms with Crippen LogP contribution in [-0.2, 0) is 4.79 Å². The van der Waals surface area contributed by atoms with Crippen LogP contribution in [0.3, 0.4) is 0 Å². The van der Waals surface area contributed by atoms with Crippen LogP contribution in [0.4, 0.5) is 5.69 Å². The molecule has 1 aromatic rings. The van der Waals surface area contributed by atoms with Crippen molar-refractivity contribution in [3.8, 4) is 0 Å². The van der Waals surface area contributed by atoms with E-state index in [9.17, 15) is 4.79 Å². The molecule has 0 spiro atoms. The molecule has 0 saturated carbocycles. The number of nitrogens with one attached hydrogen (secondary N) is 1. The minimum Gasteiger partial charge on any atom is -0.330 e. The maximum Gasteiger partial charge on any atom is 0.224 e. The second kappa shape index (κ2) is 7.65. The Morgan fingerprint density at radius 3 is 2.63 bits per heavy atom. The van der Waals surface area contributed by atoms with Gasteiger partial charge in [0.05, 0.1) is 0 Å². The van der Waals surface area contributed by atoms with E-state index in [-0.39, 0.29) is 11.8 Å². The molecule has 0 aliphatic rings. The van der Waals surface area contributed by atoms with E-state index in [1.165, 1.54) is 0 Å². The third-order valence-electron chi connectivity index (χ3n) is 3.07. The topological polar surface area (TPSA) is 55.1 Å². The highest BCUT2D eigenvalue weighted by Crippen LogP contribution is 2.21. The second-order valence-electron chi connectivity index (χ2n) is 5.44. The molecule has 1 rings (SSSR count).